The lowest BCUT2D eigenvalue weighted by atomic mass is 10.1. The quantitative estimate of drug-likeness (QED) is 0.120. The van der Waals surface area contributed by atoms with Crippen molar-refractivity contribution in [3.63, 3.8) is 0 Å². The second-order valence-corrected chi connectivity index (χ2v) is 10.5. The maximum absolute atomic E-state index is 13.1. The zero-order valence-corrected chi connectivity index (χ0v) is 23.9. The molecule has 1 heterocycles. The van der Waals surface area contributed by atoms with Crippen molar-refractivity contribution in [2.24, 2.45) is 0 Å². The molecule has 1 aliphatic rings. The molecule has 0 bridgehead atoms. The van der Waals surface area contributed by atoms with Crippen molar-refractivity contribution < 1.29 is 33.2 Å². The van der Waals surface area contributed by atoms with Gasteiger partial charge in [-0.15, -0.1) is 0 Å². The number of thioether (sulfide) groups is 1. The zero-order chi connectivity index (χ0) is 28.8. The van der Waals surface area contributed by atoms with Gasteiger partial charge in [0.05, 0.1) is 26.6 Å². The molecule has 0 atom stereocenters. The number of imide groups is 1. The van der Waals surface area contributed by atoms with Crippen LogP contribution in [0.4, 0.5) is 20.6 Å². The van der Waals surface area contributed by atoms with Gasteiger partial charge < -0.3 is 14.8 Å². The first kappa shape index (κ1) is 29.0. The largest absolute Gasteiger partial charge is 0.490 e. The summed E-state index contributed by atoms with van der Waals surface area (Å²) in [5, 5.41) is 13.2. The molecule has 1 aliphatic heterocycles. The molecule has 3 amide bonds. The highest BCUT2D eigenvalue weighted by atomic mass is 127. The molecule has 0 radical (unpaired) electrons. The highest BCUT2D eigenvalue weighted by molar-refractivity contribution is 14.1. The van der Waals surface area contributed by atoms with Crippen molar-refractivity contribution in [2.75, 3.05) is 18.5 Å². The molecule has 3 aromatic carbocycles. The van der Waals surface area contributed by atoms with Crippen molar-refractivity contribution in [3.8, 4) is 11.5 Å². The average Bonchev–Trinajstić information content (AvgIpc) is 3.17. The number of benzene rings is 3. The van der Waals surface area contributed by atoms with E-state index in [0.717, 1.165) is 16.7 Å². The number of nitrogens with zero attached hydrogens (tertiary/aromatic N) is 2. The smallest absolute Gasteiger partial charge is 0.293 e. The number of non-ortho nitro benzene ring substituents is 1. The molecule has 1 saturated heterocycles. The van der Waals surface area contributed by atoms with Crippen LogP contribution < -0.4 is 14.8 Å². The minimum absolute atomic E-state index is 0.0990. The molecule has 206 valence electrons. The third-order valence-electron chi connectivity index (χ3n) is 5.44. The number of hydrogen-bond acceptors (Lipinski definition) is 8. The Balaban J connectivity index is 1.49. The third kappa shape index (κ3) is 7.15. The van der Waals surface area contributed by atoms with E-state index in [1.807, 2.05) is 22.6 Å². The molecule has 0 spiro atoms. The van der Waals surface area contributed by atoms with E-state index in [1.165, 1.54) is 42.5 Å². The Morgan fingerprint density at radius 1 is 1.15 bits per heavy atom. The highest BCUT2D eigenvalue weighted by Crippen LogP contribution is 2.38. The monoisotopic (exact) mass is 677 g/mol. The summed E-state index contributed by atoms with van der Waals surface area (Å²) in [5.41, 5.74) is 1.31. The second kappa shape index (κ2) is 12.9. The summed E-state index contributed by atoms with van der Waals surface area (Å²) >= 11 is 2.78. The van der Waals surface area contributed by atoms with Gasteiger partial charge in [0.15, 0.2) is 18.1 Å². The molecule has 3 aromatic rings. The summed E-state index contributed by atoms with van der Waals surface area (Å²) in [6.07, 6.45) is 1.55. The molecule has 10 nitrogen and oxygen atoms in total. The molecule has 4 rings (SSSR count). The molecule has 0 saturated carbocycles. The zero-order valence-electron chi connectivity index (χ0n) is 20.9. The SMILES string of the molecule is CCOc1cc(/C=C2\SC(=O)N(Cc3cccc([N+](=O)[O-])c3)C2=O)cc(I)c1OCC(=O)Nc1ccc(F)cc1. The lowest BCUT2D eigenvalue weighted by Crippen LogP contribution is -2.27. The van der Waals surface area contributed by atoms with Crippen LogP contribution >= 0.6 is 34.4 Å². The number of rotatable bonds is 10. The van der Waals surface area contributed by atoms with Crippen LogP contribution in [-0.2, 0) is 16.1 Å². The number of hydrogen-bond donors (Lipinski definition) is 1. The van der Waals surface area contributed by atoms with Gasteiger partial charge in [-0.2, -0.15) is 0 Å². The van der Waals surface area contributed by atoms with Crippen molar-refractivity contribution in [1.82, 2.24) is 4.90 Å². The second-order valence-electron chi connectivity index (χ2n) is 8.30. The number of nitro benzene ring substituents is 1. The minimum Gasteiger partial charge on any atom is -0.490 e. The van der Waals surface area contributed by atoms with Crippen LogP contribution in [0.5, 0.6) is 11.5 Å². The summed E-state index contributed by atoms with van der Waals surface area (Å²) in [7, 11) is 0. The molecular formula is C27H21FIN3O7S. The number of carbonyl (C=O) groups excluding carboxylic acids is 3. The van der Waals surface area contributed by atoms with Crippen LogP contribution in [0.15, 0.2) is 65.6 Å². The van der Waals surface area contributed by atoms with Crippen LogP contribution in [-0.4, -0.2) is 40.1 Å². The fraction of sp³-hybridized carbons (Fsp3) is 0.148. The van der Waals surface area contributed by atoms with Gasteiger partial charge in [-0.1, -0.05) is 12.1 Å². The Morgan fingerprint density at radius 2 is 1.90 bits per heavy atom. The Hall–Kier alpha value is -3.98. The number of halogens is 2. The predicted molar refractivity (Wildman–Crippen MR) is 155 cm³/mol. The molecule has 40 heavy (non-hydrogen) atoms. The number of amides is 3. The van der Waals surface area contributed by atoms with E-state index < -0.39 is 27.8 Å². The summed E-state index contributed by atoms with van der Waals surface area (Å²) in [5.74, 6) is -0.727. The fourth-order valence-electron chi connectivity index (χ4n) is 3.68. The third-order valence-corrected chi connectivity index (χ3v) is 7.15. The first-order valence-electron chi connectivity index (χ1n) is 11.8. The van der Waals surface area contributed by atoms with Crippen molar-refractivity contribution >= 4 is 68.9 Å². The van der Waals surface area contributed by atoms with Crippen LogP contribution in [0.1, 0.15) is 18.1 Å². The molecule has 1 N–H and O–H groups in total. The topological polar surface area (TPSA) is 128 Å². The molecule has 1 fully saturated rings. The average molecular weight is 677 g/mol. The van der Waals surface area contributed by atoms with Gasteiger partial charge in [0.1, 0.15) is 5.82 Å². The summed E-state index contributed by atoms with van der Waals surface area (Å²) in [6, 6.07) is 14.4. The molecular weight excluding hydrogens is 656 g/mol. The van der Waals surface area contributed by atoms with Crippen molar-refractivity contribution in [2.45, 2.75) is 13.5 Å². The van der Waals surface area contributed by atoms with Crippen molar-refractivity contribution in [3.05, 3.63) is 96.2 Å². The lowest BCUT2D eigenvalue weighted by molar-refractivity contribution is -0.384. The van der Waals surface area contributed by atoms with E-state index in [2.05, 4.69) is 5.32 Å². The summed E-state index contributed by atoms with van der Waals surface area (Å²) in [4.78, 5) is 49.7. The van der Waals surface area contributed by atoms with Crippen LogP contribution in [0.25, 0.3) is 6.08 Å². The van der Waals surface area contributed by atoms with Gasteiger partial charge >= 0.3 is 0 Å². The Morgan fingerprint density at radius 3 is 2.60 bits per heavy atom. The van der Waals surface area contributed by atoms with Crippen LogP contribution in [0.3, 0.4) is 0 Å². The maximum Gasteiger partial charge on any atom is 0.293 e. The predicted octanol–water partition coefficient (Wildman–Crippen LogP) is 5.99. The fourth-order valence-corrected chi connectivity index (χ4v) is 5.30. The van der Waals surface area contributed by atoms with Crippen LogP contribution in [0, 0.1) is 19.5 Å². The number of carbonyl (C=O) groups is 3. The van der Waals surface area contributed by atoms with Gasteiger partial charge in [0, 0.05) is 17.8 Å². The Bertz CT molecular complexity index is 1510. The number of ether oxygens (including phenoxy) is 2. The molecule has 0 aliphatic carbocycles. The molecule has 13 heteroatoms. The van der Waals surface area contributed by atoms with Crippen LogP contribution in [0.2, 0.25) is 0 Å². The van der Waals surface area contributed by atoms with E-state index in [0.29, 0.717) is 38.5 Å². The van der Waals surface area contributed by atoms with Gasteiger partial charge in [-0.3, -0.25) is 29.4 Å². The number of nitro groups is 1. The van der Waals surface area contributed by atoms with E-state index in [1.54, 1.807) is 31.2 Å². The summed E-state index contributed by atoms with van der Waals surface area (Å²) in [6.45, 7) is 1.66. The first-order valence-corrected chi connectivity index (χ1v) is 13.7. The van der Waals surface area contributed by atoms with E-state index in [-0.39, 0.29) is 23.7 Å². The molecule has 0 aromatic heterocycles. The maximum atomic E-state index is 13.1. The standard InChI is InChI=1S/C27H21FIN3O7S/c1-2-38-22-12-17(11-21(29)25(22)39-15-24(33)30-19-8-6-18(28)7-9-19)13-23-26(34)31(27(35)40-23)14-16-4-3-5-20(10-16)32(36)37/h3-13H,2,14-15H2,1H3,(H,30,33)/b23-13-. The van der Waals surface area contributed by atoms with Gasteiger partial charge in [-0.05, 0) is 94.9 Å². The van der Waals surface area contributed by atoms with E-state index >= 15 is 0 Å². The molecule has 0 unspecified atom stereocenters. The normalized spacial score (nSPS) is 14.0. The van der Waals surface area contributed by atoms with Gasteiger partial charge in [0.2, 0.25) is 0 Å². The lowest BCUT2D eigenvalue weighted by Gasteiger charge is -2.15. The van der Waals surface area contributed by atoms with E-state index in [9.17, 15) is 28.9 Å². The number of nitrogens with one attached hydrogen (secondary N) is 1. The van der Waals surface area contributed by atoms with Crippen molar-refractivity contribution in [1.29, 1.82) is 0 Å². The Kier molecular flexibility index (Phi) is 9.37. The van der Waals surface area contributed by atoms with E-state index in [4.69, 9.17) is 9.47 Å². The highest BCUT2D eigenvalue weighted by Gasteiger charge is 2.35. The first-order chi connectivity index (χ1) is 19.1. The van der Waals surface area contributed by atoms with Gasteiger partial charge in [0.25, 0.3) is 22.7 Å². The van der Waals surface area contributed by atoms with Gasteiger partial charge in [-0.25, -0.2) is 4.39 Å². The Labute approximate surface area is 245 Å². The number of anilines is 1. The summed E-state index contributed by atoms with van der Waals surface area (Å²) < 4.78 is 25.1. The minimum atomic E-state index is -0.542.